The summed E-state index contributed by atoms with van der Waals surface area (Å²) >= 11 is 0. The highest BCUT2D eigenvalue weighted by Gasteiger charge is 2.57. The molecule has 1 aliphatic heterocycles. The molecule has 3 rings (SSSR count). The quantitative estimate of drug-likeness (QED) is 0.430. The minimum Gasteiger partial charge on any atom is -0.382 e. The van der Waals surface area contributed by atoms with E-state index in [1.165, 1.54) is 6.33 Å². The number of fused-ring (bicyclic) bond motifs is 1. The van der Waals surface area contributed by atoms with Crippen LogP contribution in [-0.2, 0) is 18.9 Å². The Bertz CT molecular complexity index is 829. The highest BCUT2D eigenvalue weighted by molar-refractivity contribution is 5.65. The first-order valence-corrected chi connectivity index (χ1v) is 12.1. The van der Waals surface area contributed by atoms with Crippen LogP contribution in [0, 0.1) is 0 Å². The lowest BCUT2D eigenvalue weighted by Gasteiger charge is -2.35. The van der Waals surface area contributed by atoms with Gasteiger partial charge in [-0.05, 0) is 38.3 Å². The van der Waals surface area contributed by atoms with Gasteiger partial charge in [-0.2, -0.15) is 5.10 Å². The summed E-state index contributed by atoms with van der Waals surface area (Å²) in [6.07, 6.45) is 6.85. The molecule has 0 spiro atoms. The molecule has 1 saturated heterocycles. The predicted molar refractivity (Wildman–Crippen MR) is 125 cm³/mol. The Labute approximate surface area is 191 Å². The molecule has 180 valence electrons. The first kappa shape index (κ1) is 24.9. The molecule has 1 fully saturated rings. The molecule has 0 amide bonds. The fraction of sp³-hybridized carbons (Fsp3) is 0.750. The molecule has 2 N–H and O–H groups in total. The zero-order valence-electron chi connectivity index (χ0n) is 20.1. The van der Waals surface area contributed by atoms with E-state index in [0.29, 0.717) is 32.2 Å². The molecule has 0 radical (unpaired) electrons. The third-order valence-electron chi connectivity index (χ3n) is 6.14. The number of nitrogens with zero attached hydrogens (tertiary/aromatic N) is 3. The number of ether oxygens (including phenoxy) is 4. The summed E-state index contributed by atoms with van der Waals surface area (Å²) in [6, 6.07) is 3.93. The number of aromatic nitrogens is 3. The molecule has 0 bridgehead atoms. The number of anilines is 1. The Morgan fingerprint density at radius 3 is 2.53 bits per heavy atom. The van der Waals surface area contributed by atoms with Crippen LogP contribution in [0.4, 0.5) is 5.82 Å². The van der Waals surface area contributed by atoms with Crippen molar-refractivity contribution in [2.75, 3.05) is 32.2 Å². The van der Waals surface area contributed by atoms with Crippen LogP contribution in [0.15, 0.2) is 18.5 Å². The minimum atomic E-state index is -0.685. The maximum absolute atomic E-state index is 6.63. The first-order chi connectivity index (χ1) is 15.6. The lowest BCUT2D eigenvalue weighted by Crippen LogP contribution is -2.48. The molecular weight excluding hydrogens is 408 g/mol. The summed E-state index contributed by atoms with van der Waals surface area (Å²) in [5, 5.41) is 4.44. The monoisotopic (exact) mass is 448 g/mol. The summed E-state index contributed by atoms with van der Waals surface area (Å²) in [6.45, 7) is 11.1. The standard InChI is InChI=1S/C24H40N4O4/c1-5-8-13-29-16-20-22(30-14-9-6-2)24(4,31-15-10-7-3)21(32-20)18-11-12-19-23(25)26-17-27-28(18)19/h11-12,17,20-22H,5-10,13-16H2,1-4H3,(H2,25,26,27)/t20-,21+,22-,24+/m1/s1. The molecular formula is C24H40N4O4. The van der Waals surface area contributed by atoms with Crippen molar-refractivity contribution in [2.45, 2.75) is 90.1 Å². The van der Waals surface area contributed by atoms with E-state index in [2.05, 4.69) is 37.8 Å². The molecule has 8 nitrogen and oxygen atoms in total. The highest BCUT2D eigenvalue weighted by atomic mass is 16.6. The van der Waals surface area contributed by atoms with Crippen LogP contribution in [0.25, 0.3) is 5.52 Å². The van der Waals surface area contributed by atoms with Crippen LogP contribution in [0.3, 0.4) is 0 Å². The summed E-state index contributed by atoms with van der Waals surface area (Å²) in [5.74, 6) is 0.438. The molecule has 1 aliphatic rings. The second kappa shape index (κ2) is 11.9. The number of hydrogen-bond donors (Lipinski definition) is 1. The summed E-state index contributed by atoms with van der Waals surface area (Å²) in [7, 11) is 0. The average molecular weight is 449 g/mol. The fourth-order valence-corrected chi connectivity index (χ4v) is 4.23. The van der Waals surface area contributed by atoms with Crippen molar-refractivity contribution in [1.82, 2.24) is 14.6 Å². The van der Waals surface area contributed by atoms with Crippen LogP contribution >= 0.6 is 0 Å². The topological polar surface area (TPSA) is 93.1 Å². The maximum atomic E-state index is 6.63. The van der Waals surface area contributed by atoms with Gasteiger partial charge < -0.3 is 24.7 Å². The van der Waals surface area contributed by atoms with Gasteiger partial charge in [0.05, 0.1) is 12.3 Å². The number of unbranched alkanes of at least 4 members (excludes halogenated alkanes) is 3. The lowest BCUT2D eigenvalue weighted by atomic mass is 9.90. The van der Waals surface area contributed by atoms with Crippen molar-refractivity contribution in [3.05, 3.63) is 24.2 Å². The molecule has 0 aliphatic carbocycles. The second-order valence-corrected chi connectivity index (χ2v) is 8.71. The smallest absolute Gasteiger partial charge is 0.151 e. The number of rotatable bonds is 14. The predicted octanol–water partition coefficient (Wildman–Crippen LogP) is 4.33. The van der Waals surface area contributed by atoms with Crippen molar-refractivity contribution < 1.29 is 18.9 Å². The molecule has 3 heterocycles. The van der Waals surface area contributed by atoms with E-state index in [9.17, 15) is 0 Å². The Morgan fingerprint density at radius 2 is 1.78 bits per heavy atom. The van der Waals surface area contributed by atoms with Gasteiger partial charge in [-0.3, -0.25) is 0 Å². The SMILES string of the molecule is CCCCOC[C@H]1O[C@@H](c2ccc3c(N)ncnn23)[C@](C)(OCCCC)[C@@H]1OCCCC. The zero-order chi connectivity index (χ0) is 23.0. The van der Waals surface area contributed by atoms with Crippen molar-refractivity contribution in [2.24, 2.45) is 0 Å². The summed E-state index contributed by atoms with van der Waals surface area (Å²) in [4.78, 5) is 4.11. The maximum Gasteiger partial charge on any atom is 0.151 e. The zero-order valence-corrected chi connectivity index (χ0v) is 20.1. The van der Waals surface area contributed by atoms with Crippen molar-refractivity contribution in [3.8, 4) is 0 Å². The van der Waals surface area contributed by atoms with Gasteiger partial charge in [0.2, 0.25) is 0 Å². The Morgan fingerprint density at radius 1 is 1.06 bits per heavy atom. The fourth-order valence-electron chi connectivity index (χ4n) is 4.23. The third-order valence-corrected chi connectivity index (χ3v) is 6.14. The van der Waals surface area contributed by atoms with Gasteiger partial charge in [0.1, 0.15) is 35.8 Å². The second-order valence-electron chi connectivity index (χ2n) is 8.71. The van der Waals surface area contributed by atoms with Gasteiger partial charge in [0.15, 0.2) is 5.82 Å². The van der Waals surface area contributed by atoms with E-state index < -0.39 is 5.60 Å². The Hall–Kier alpha value is -1.74. The molecule has 4 atom stereocenters. The lowest BCUT2D eigenvalue weighted by molar-refractivity contribution is -0.138. The third kappa shape index (κ3) is 5.42. The number of nitrogen functional groups attached to an aromatic ring is 1. The largest absolute Gasteiger partial charge is 0.382 e. The molecule has 32 heavy (non-hydrogen) atoms. The van der Waals surface area contributed by atoms with Crippen LogP contribution in [0.2, 0.25) is 0 Å². The number of nitrogens with two attached hydrogens (primary N) is 1. The summed E-state index contributed by atoms with van der Waals surface area (Å²) < 4.78 is 27.4. The van der Waals surface area contributed by atoms with Gasteiger partial charge in [-0.15, -0.1) is 0 Å². The molecule has 8 heteroatoms. The van der Waals surface area contributed by atoms with Crippen LogP contribution in [0.1, 0.15) is 78.0 Å². The molecule has 2 aromatic heterocycles. The van der Waals surface area contributed by atoms with Gasteiger partial charge in [0.25, 0.3) is 0 Å². The van der Waals surface area contributed by atoms with Crippen LogP contribution in [-0.4, -0.2) is 58.8 Å². The summed E-state index contributed by atoms with van der Waals surface area (Å²) in [5.41, 5.74) is 7.03. The van der Waals surface area contributed by atoms with Gasteiger partial charge in [-0.25, -0.2) is 9.50 Å². The van der Waals surface area contributed by atoms with Gasteiger partial charge >= 0.3 is 0 Å². The molecule has 2 aromatic rings. The van der Waals surface area contributed by atoms with Crippen molar-refractivity contribution >= 4 is 11.3 Å². The normalized spacial score (nSPS) is 25.7. The highest BCUT2D eigenvalue weighted by Crippen LogP contribution is 2.46. The van der Waals surface area contributed by atoms with Gasteiger partial charge in [0, 0.05) is 19.8 Å². The van der Waals surface area contributed by atoms with Crippen molar-refractivity contribution in [3.63, 3.8) is 0 Å². The molecule has 0 unspecified atom stereocenters. The Balaban J connectivity index is 1.93. The average Bonchev–Trinajstić information content (AvgIpc) is 3.32. The van der Waals surface area contributed by atoms with E-state index in [4.69, 9.17) is 24.7 Å². The van der Waals surface area contributed by atoms with Crippen LogP contribution in [0.5, 0.6) is 0 Å². The first-order valence-electron chi connectivity index (χ1n) is 12.1. The van der Waals surface area contributed by atoms with E-state index >= 15 is 0 Å². The Kier molecular flexibility index (Phi) is 9.28. The van der Waals surface area contributed by atoms with Gasteiger partial charge in [-0.1, -0.05) is 40.0 Å². The van der Waals surface area contributed by atoms with E-state index in [0.717, 1.165) is 49.7 Å². The molecule has 0 saturated carbocycles. The number of hydrogen-bond acceptors (Lipinski definition) is 7. The van der Waals surface area contributed by atoms with Crippen LogP contribution < -0.4 is 5.73 Å². The minimum absolute atomic E-state index is 0.231. The van der Waals surface area contributed by atoms with Crippen molar-refractivity contribution in [1.29, 1.82) is 0 Å². The van der Waals surface area contributed by atoms with E-state index in [1.807, 2.05) is 12.1 Å². The van der Waals surface area contributed by atoms with E-state index in [-0.39, 0.29) is 18.3 Å². The molecule has 0 aromatic carbocycles. The van der Waals surface area contributed by atoms with E-state index in [1.54, 1.807) is 4.52 Å².